The fraction of sp³-hybridized carbons (Fsp3) is 0.188. The Morgan fingerprint density at radius 1 is 1.23 bits per heavy atom. The van der Waals surface area contributed by atoms with Crippen LogP contribution in [0.3, 0.4) is 0 Å². The third-order valence-corrected chi connectivity index (χ3v) is 4.30. The highest BCUT2D eigenvalue weighted by atomic mass is 32.1. The summed E-state index contributed by atoms with van der Waals surface area (Å²) < 4.78 is 1.91. The number of hydrogen-bond acceptors (Lipinski definition) is 4. The monoisotopic (exact) mass is 312 g/mol. The zero-order valence-electron chi connectivity index (χ0n) is 12.4. The summed E-state index contributed by atoms with van der Waals surface area (Å²) in [6.07, 6.45) is 5.35. The minimum absolute atomic E-state index is 0.0460. The Bertz CT molecular complexity index is 806. The Morgan fingerprint density at radius 3 is 2.77 bits per heavy atom. The molecule has 1 N–H and O–H groups in total. The summed E-state index contributed by atoms with van der Waals surface area (Å²) in [7, 11) is 0. The molecule has 0 aliphatic rings. The Labute approximate surface area is 132 Å². The van der Waals surface area contributed by atoms with Crippen molar-refractivity contribution in [2.75, 3.05) is 0 Å². The first kappa shape index (κ1) is 14.5. The molecule has 3 heterocycles. The van der Waals surface area contributed by atoms with Gasteiger partial charge < -0.3 is 5.32 Å². The molecule has 0 atom stereocenters. The number of carbonyl (C=O) groups is 1. The van der Waals surface area contributed by atoms with Gasteiger partial charge in [-0.25, -0.2) is 9.97 Å². The summed E-state index contributed by atoms with van der Waals surface area (Å²) in [5.41, 5.74) is 1.000. The van der Waals surface area contributed by atoms with E-state index < -0.39 is 0 Å². The lowest BCUT2D eigenvalue weighted by Gasteiger charge is -2.07. The molecule has 6 heteroatoms. The third-order valence-electron chi connectivity index (χ3n) is 3.30. The van der Waals surface area contributed by atoms with Crippen molar-refractivity contribution in [3.63, 3.8) is 0 Å². The van der Waals surface area contributed by atoms with Gasteiger partial charge >= 0.3 is 0 Å². The molecule has 0 radical (unpaired) electrons. The zero-order valence-corrected chi connectivity index (χ0v) is 13.2. The standard InChI is InChI=1S/C16H16N4OS/c1-11-3-4-14(22-11)16(21)19-10-13-5-6-18-15(9-13)20-8-7-17-12(20)2/h3-9H,10H2,1-2H3,(H,19,21). The Balaban J connectivity index is 1.71. The molecule has 0 bridgehead atoms. The lowest BCUT2D eigenvalue weighted by atomic mass is 10.2. The van der Waals surface area contributed by atoms with Gasteiger partial charge in [0, 0.05) is 30.0 Å². The van der Waals surface area contributed by atoms with E-state index in [-0.39, 0.29) is 5.91 Å². The van der Waals surface area contributed by atoms with Crippen molar-refractivity contribution in [2.24, 2.45) is 0 Å². The van der Waals surface area contributed by atoms with Crippen LogP contribution in [0, 0.1) is 13.8 Å². The minimum atomic E-state index is -0.0460. The van der Waals surface area contributed by atoms with Crippen LogP contribution in [0.5, 0.6) is 0 Å². The maximum absolute atomic E-state index is 12.1. The average molecular weight is 312 g/mol. The van der Waals surface area contributed by atoms with Crippen molar-refractivity contribution < 1.29 is 4.79 Å². The number of aromatic nitrogens is 3. The smallest absolute Gasteiger partial charge is 0.261 e. The number of imidazole rings is 1. The van der Waals surface area contributed by atoms with Crippen LogP contribution in [0.15, 0.2) is 42.9 Å². The normalized spacial score (nSPS) is 10.6. The molecule has 0 saturated carbocycles. The molecule has 3 aromatic rings. The molecule has 0 unspecified atom stereocenters. The summed E-state index contributed by atoms with van der Waals surface area (Å²) in [4.78, 5) is 22.5. The molecule has 0 aliphatic heterocycles. The Kier molecular flexibility index (Phi) is 4.02. The minimum Gasteiger partial charge on any atom is -0.347 e. The summed E-state index contributed by atoms with van der Waals surface area (Å²) in [5.74, 6) is 1.63. The molecule has 0 aromatic carbocycles. The van der Waals surface area contributed by atoms with Gasteiger partial charge in [-0.2, -0.15) is 0 Å². The van der Waals surface area contributed by atoms with E-state index in [0.29, 0.717) is 6.54 Å². The number of amides is 1. The van der Waals surface area contributed by atoms with Crippen molar-refractivity contribution in [3.8, 4) is 5.82 Å². The van der Waals surface area contributed by atoms with Crippen molar-refractivity contribution in [1.29, 1.82) is 0 Å². The highest BCUT2D eigenvalue weighted by Gasteiger charge is 2.08. The van der Waals surface area contributed by atoms with E-state index in [4.69, 9.17) is 0 Å². The predicted molar refractivity (Wildman–Crippen MR) is 86.3 cm³/mol. The molecule has 0 fully saturated rings. The van der Waals surface area contributed by atoms with Gasteiger partial charge in [-0.15, -0.1) is 11.3 Å². The van der Waals surface area contributed by atoms with Gasteiger partial charge in [0.05, 0.1) is 4.88 Å². The first-order valence-corrected chi connectivity index (χ1v) is 7.75. The quantitative estimate of drug-likeness (QED) is 0.806. The van der Waals surface area contributed by atoms with E-state index in [2.05, 4.69) is 15.3 Å². The van der Waals surface area contributed by atoms with Crippen LogP contribution in [0.1, 0.15) is 25.9 Å². The molecule has 0 saturated heterocycles. The van der Waals surface area contributed by atoms with E-state index in [1.807, 2.05) is 48.9 Å². The van der Waals surface area contributed by atoms with E-state index in [9.17, 15) is 4.79 Å². The van der Waals surface area contributed by atoms with Crippen LogP contribution >= 0.6 is 11.3 Å². The molecule has 22 heavy (non-hydrogen) atoms. The maximum Gasteiger partial charge on any atom is 0.261 e. The summed E-state index contributed by atoms with van der Waals surface area (Å²) in [6.45, 7) is 4.39. The Hall–Kier alpha value is -2.47. The van der Waals surface area contributed by atoms with Crippen LogP contribution in [0.4, 0.5) is 0 Å². The number of nitrogens with zero attached hydrogens (tertiary/aromatic N) is 3. The van der Waals surface area contributed by atoms with Crippen molar-refractivity contribution in [1.82, 2.24) is 19.9 Å². The predicted octanol–water partition coefficient (Wildman–Crippen LogP) is 2.88. The second-order valence-corrected chi connectivity index (χ2v) is 6.25. The van der Waals surface area contributed by atoms with Gasteiger partial charge in [-0.3, -0.25) is 9.36 Å². The molecule has 1 amide bonds. The molecule has 112 valence electrons. The fourth-order valence-electron chi connectivity index (χ4n) is 2.15. The van der Waals surface area contributed by atoms with Crippen LogP contribution < -0.4 is 5.32 Å². The topological polar surface area (TPSA) is 59.8 Å². The zero-order chi connectivity index (χ0) is 15.5. The van der Waals surface area contributed by atoms with Crippen LogP contribution in [0.25, 0.3) is 5.82 Å². The van der Waals surface area contributed by atoms with Crippen LogP contribution in [-0.2, 0) is 6.54 Å². The molecule has 0 spiro atoms. The van der Waals surface area contributed by atoms with E-state index in [1.165, 1.54) is 11.3 Å². The lowest BCUT2D eigenvalue weighted by molar-refractivity contribution is 0.0955. The lowest BCUT2D eigenvalue weighted by Crippen LogP contribution is -2.21. The van der Waals surface area contributed by atoms with Gasteiger partial charge in [0.15, 0.2) is 0 Å². The van der Waals surface area contributed by atoms with E-state index in [0.717, 1.165) is 27.0 Å². The van der Waals surface area contributed by atoms with Gasteiger partial charge in [0.25, 0.3) is 5.91 Å². The summed E-state index contributed by atoms with van der Waals surface area (Å²) in [5, 5.41) is 2.93. The largest absolute Gasteiger partial charge is 0.347 e. The molecule has 3 aromatic heterocycles. The fourth-order valence-corrected chi connectivity index (χ4v) is 2.93. The summed E-state index contributed by atoms with van der Waals surface area (Å²) in [6, 6.07) is 7.65. The first-order chi connectivity index (χ1) is 10.6. The highest BCUT2D eigenvalue weighted by Crippen LogP contribution is 2.15. The first-order valence-electron chi connectivity index (χ1n) is 6.93. The molecular formula is C16H16N4OS. The molecule has 0 aliphatic carbocycles. The number of thiophene rings is 1. The van der Waals surface area contributed by atoms with Crippen molar-refractivity contribution in [2.45, 2.75) is 20.4 Å². The van der Waals surface area contributed by atoms with E-state index in [1.54, 1.807) is 12.4 Å². The second kappa shape index (κ2) is 6.11. The number of rotatable bonds is 4. The highest BCUT2D eigenvalue weighted by molar-refractivity contribution is 7.13. The number of carbonyl (C=O) groups excluding carboxylic acids is 1. The second-order valence-electron chi connectivity index (χ2n) is 4.96. The summed E-state index contributed by atoms with van der Waals surface area (Å²) >= 11 is 1.50. The van der Waals surface area contributed by atoms with E-state index >= 15 is 0 Å². The average Bonchev–Trinajstić information content (AvgIpc) is 3.13. The SMILES string of the molecule is Cc1ccc(C(=O)NCc2ccnc(-n3ccnc3C)c2)s1. The van der Waals surface area contributed by atoms with Gasteiger partial charge in [-0.1, -0.05) is 0 Å². The maximum atomic E-state index is 12.1. The number of nitrogens with one attached hydrogen (secondary N) is 1. The van der Waals surface area contributed by atoms with Gasteiger partial charge in [0.1, 0.15) is 11.6 Å². The number of pyridine rings is 1. The molecular weight excluding hydrogens is 296 g/mol. The van der Waals surface area contributed by atoms with Gasteiger partial charge in [0.2, 0.25) is 0 Å². The van der Waals surface area contributed by atoms with Crippen molar-refractivity contribution in [3.05, 3.63) is 64.0 Å². The number of aryl methyl sites for hydroxylation is 2. The van der Waals surface area contributed by atoms with Crippen molar-refractivity contribution >= 4 is 17.2 Å². The van der Waals surface area contributed by atoms with Crippen LogP contribution in [0.2, 0.25) is 0 Å². The Morgan fingerprint density at radius 2 is 2.09 bits per heavy atom. The third kappa shape index (κ3) is 3.07. The number of hydrogen-bond donors (Lipinski definition) is 1. The molecule has 5 nitrogen and oxygen atoms in total. The molecule has 3 rings (SSSR count). The van der Waals surface area contributed by atoms with Crippen LogP contribution in [-0.4, -0.2) is 20.4 Å². The van der Waals surface area contributed by atoms with Gasteiger partial charge in [-0.05, 0) is 43.7 Å².